The third-order valence-electron chi connectivity index (χ3n) is 3.68. The van der Waals surface area contributed by atoms with Gasteiger partial charge in [0.05, 0.1) is 11.4 Å². The number of aliphatic imine (C=N–C) groups is 1. The van der Waals surface area contributed by atoms with Crippen molar-refractivity contribution in [3.63, 3.8) is 0 Å². The van der Waals surface area contributed by atoms with Crippen LogP contribution in [0, 0.1) is 0 Å². The van der Waals surface area contributed by atoms with Gasteiger partial charge in [-0.05, 0) is 28.5 Å². The van der Waals surface area contributed by atoms with Crippen molar-refractivity contribution < 1.29 is 0 Å². The van der Waals surface area contributed by atoms with E-state index < -0.39 is 0 Å². The third-order valence-corrected chi connectivity index (χ3v) is 3.68. The van der Waals surface area contributed by atoms with Gasteiger partial charge in [0.15, 0.2) is 0 Å². The van der Waals surface area contributed by atoms with E-state index in [-0.39, 0.29) is 0 Å². The first-order valence-electron chi connectivity index (χ1n) is 6.55. The molecule has 0 heterocycles. The summed E-state index contributed by atoms with van der Waals surface area (Å²) in [4.78, 5) is 4.81. The Balaban J connectivity index is 1.93. The summed E-state index contributed by atoms with van der Waals surface area (Å²) in [6, 6.07) is 23.2. The zero-order valence-electron chi connectivity index (χ0n) is 10.5. The highest BCUT2D eigenvalue weighted by Crippen LogP contribution is 2.32. The van der Waals surface area contributed by atoms with Gasteiger partial charge in [0.2, 0.25) is 0 Å². The van der Waals surface area contributed by atoms with E-state index in [2.05, 4.69) is 48.5 Å². The van der Waals surface area contributed by atoms with Crippen LogP contribution in [-0.4, -0.2) is 5.71 Å². The van der Waals surface area contributed by atoms with Gasteiger partial charge in [-0.1, -0.05) is 54.6 Å². The highest BCUT2D eigenvalue weighted by Gasteiger charge is 2.19. The fourth-order valence-electron chi connectivity index (χ4n) is 2.84. The number of hydrogen-bond acceptors (Lipinski definition) is 1. The van der Waals surface area contributed by atoms with Crippen LogP contribution in [0.25, 0.3) is 10.8 Å². The summed E-state index contributed by atoms with van der Waals surface area (Å²) >= 11 is 0. The Bertz CT molecular complexity index is 780. The van der Waals surface area contributed by atoms with E-state index in [1.165, 1.54) is 27.6 Å². The van der Waals surface area contributed by atoms with Crippen molar-refractivity contribution in [2.24, 2.45) is 4.99 Å². The molecule has 0 unspecified atom stereocenters. The topological polar surface area (TPSA) is 12.4 Å². The van der Waals surface area contributed by atoms with Crippen LogP contribution in [0.1, 0.15) is 11.1 Å². The lowest BCUT2D eigenvalue weighted by Gasteiger charge is -2.01. The van der Waals surface area contributed by atoms with Gasteiger partial charge >= 0.3 is 0 Å². The molecule has 0 atom stereocenters. The minimum absolute atomic E-state index is 0.936. The molecular formula is C18H13N. The SMILES string of the molecule is c1ccc(N=C2Cc3cccc4cccc2c34)cc1. The molecule has 0 aliphatic heterocycles. The van der Waals surface area contributed by atoms with Gasteiger partial charge in [0.25, 0.3) is 0 Å². The van der Waals surface area contributed by atoms with Gasteiger partial charge in [-0.25, -0.2) is 0 Å². The van der Waals surface area contributed by atoms with Crippen molar-refractivity contribution in [2.75, 3.05) is 0 Å². The summed E-state index contributed by atoms with van der Waals surface area (Å²) in [5.74, 6) is 0. The number of benzene rings is 3. The van der Waals surface area contributed by atoms with Crippen LogP contribution in [0.15, 0.2) is 71.7 Å². The van der Waals surface area contributed by atoms with E-state index in [0.717, 1.165) is 12.1 Å². The number of para-hydroxylation sites is 1. The highest BCUT2D eigenvalue weighted by atomic mass is 14.7. The van der Waals surface area contributed by atoms with E-state index in [0.29, 0.717) is 0 Å². The molecule has 1 heteroatoms. The standard InChI is InChI=1S/C18H13N/c1-2-9-15(10-3-1)19-17-12-14-8-4-6-13-7-5-11-16(17)18(13)14/h1-11H,12H2. The second kappa shape index (κ2) is 4.06. The van der Waals surface area contributed by atoms with Crippen molar-refractivity contribution in [3.8, 4) is 0 Å². The Kier molecular flexibility index (Phi) is 2.25. The maximum Gasteiger partial charge on any atom is 0.0633 e. The molecule has 0 N–H and O–H groups in total. The number of hydrogen-bond donors (Lipinski definition) is 0. The Morgan fingerprint density at radius 3 is 2.37 bits per heavy atom. The lowest BCUT2D eigenvalue weighted by atomic mass is 10.1. The fourth-order valence-corrected chi connectivity index (χ4v) is 2.84. The van der Waals surface area contributed by atoms with E-state index in [4.69, 9.17) is 4.99 Å². The van der Waals surface area contributed by atoms with Crippen molar-refractivity contribution in [1.29, 1.82) is 0 Å². The maximum absolute atomic E-state index is 4.81. The van der Waals surface area contributed by atoms with Gasteiger partial charge in [-0.15, -0.1) is 0 Å². The van der Waals surface area contributed by atoms with Gasteiger partial charge in [-0.2, -0.15) is 0 Å². The Morgan fingerprint density at radius 2 is 1.53 bits per heavy atom. The van der Waals surface area contributed by atoms with Gasteiger partial charge in [0.1, 0.15) is 0 Å². The molecule has 0 spiro atoms. The molecule has 4 rings (SSSR count). The number of rotatable bonds is 1. The normalized spacial score (nSPS) is 15.3. The van der Waals surface area contributed by atoms with Crippen LogP contribution in [-0.2, 0) is 6.42 Å². The second-order valence-electron chi connectivity index (χ2n) is 4.89. The molecule has 1 nitrogen and oxygen atoms in total. The zero-order valence-corrected chi connectivity index (χ0v) is 10.5. The molecule has 3 aromatic rings. The molecule has 0 amide bonds. The van der Waals surface area contributed by atoms with Gasteiger partial charge < -0.3 is 0 Å². The molecule has 1 aliphatic rings. The Morgan fingerprint density at radius 1 is 0.737 bits per heavy atom. The largest absolute Gasteiger partial charge is 0.252 e. The molecule has 0 radical (unpaired) electrons. The second-order valence-corrected chi connectivity index (χ2v) is 4.89. The molecule has 0 bridgehead atoms. The van der Waals surface area contributed by atoms with Crippen LogP contribution >= 0.6 is 0 Å². The molecule has 0 saturated heterocycles. The summed E-state index contributed by atoms with van der Waals surface area (Å²) in [6.07, 6.45) is 0.936. The first-order valence-corrected chi connectivity index (χ1v) is 6.55. The summed E-state index contributed by atoms with van der Waals surface area (Å²) in [6.45, 7) is 0. The lowest BCUT2D eigenvalue weighted by molar-refractivity contribution is 1.37. The van der Waals surface area contributed by atoms with Crippen LogP contribution in [0.5, 0.6) is 0 Å². The summed E-state index contributed by atoms with van der Waals surface area (Å²) in [5.41, 5.74) is 4.89. The molecule has 19 heavy (non-hydrogen) atoms. The minimum Gasteiger partial charge on any atom is -0.252 e. The molecule has 90 valence electrons. The lowest BCUT2D eigenvalue weighted by Crippen LogP contribution is -1.96. The van der Waals surface area contributed by atoms with Crippen LogP contribution in [0.3, 0.4) is 0 Å². The number of nitrogens with zero attached hydrogens (tertiary/aromatic N) is 1. The summed E-state index contributed by atoms with van der Waals surface area (Å²) < 4.78 is 0. The quantitative estimate of drug-likeness (QED) is 0.596. The third kappa shape index (κ3) is 1.66. The molecule has 0 saturated carbocycles. The molecule has 0 aromatic heterocycles. The highest BCUT2D eigenvalue weighted by molar-refractivity contribution is 6.18. The van der Waals surface area contributed by atoms with E-state index in [1.807, 2.05) is 18.2 Å². The fraction of sp³-hybridized carbons (Fsp3) is 0.0556. The minimum atomic E-state index is 0.936. The average Bonchev–Trinajstić information content (AvgIpc) is 2.81. The molecule has 0 fully saturated rings. The first kappa shape index (κ1) is 10.5. The van der Waals surface area contributed by atoms with Gasteiger partial charge in [-0.3, -0.25) is 4.99 Å². The first-order chi connectivity index (χ1) is 9.42. The summed E-state index contributed by atoms with van der Waals surface area (Å²) in [7, 11) is 0. The van der Waals surface area contributed by atoms with Crippen molar-refractivity contribution in [2.45, 2.75) is 6.42 Å². The average molecular weight is 243 g/mol. The predicted molar refractivity (Wildman–Crippen MR) is 80.3 cm³/mol. The van der Waals surface area contributed by atoms with Crippen LogP contribution in [0.4, 0.5) is 5.69 Å². The molecule has 3 aromatic carbocycles. The van der Waals surface area contributed by atoms with E-state index in [9.17, 15) is 0 Å². The maximum atomic E-state index is 4.81. The smallest absolute Gasteiger partial charge is 0.0633 e. The molecule has 1 aliphatic carbocycles. The summed E-state index contributed by atoms with van der Waals surface area (Å²) in [5, 5.41) is 2.69. The van der Waals surface area contributed by atoms with Crippen LogP contribution in [0.2, 0.25) is 0 Å². The van der Waals surface area contributed by atoms with Crippen LogP contribution < -0.4 is 0 Å². The molecular weight excluding hydrogens is 230 g/mol. The zero-order chi connectivity index (χ0) is 12.7. The Labute approximate surface area is 112 Å². The monoisotopic (exact) mass is 243 g/mol. The Hall–Kier alpha value is -2.41. The van der Waals surface area contributed by atoms with Crippen molar-refractivity contribution >= 4 is 22.2 Å². The van der Waals surface area contributed by atoms with E-state index in [1.54, 1.807) is 0 Å². The van der Waals surface area contributed by atoms with Gasteiger partial charge in [0, 0.05) is 12.0 Å². The van der Waals surface area contributed by atoms with E-state index >= 15 is 0 Å². The van der Waals surface area contributed by atoms with Crippen molar-refractivity contribution in [1.82, 2.24) is 0 Å². The van der Waals surface area contributed by atoms with Crippen molar-refractivity contribution in [3.05, 3.63) is 77.9 Å². The predicted octanol–water partition coefficient (Wildman–Crippen LogP) is 4.52.